The number of piperazine rings is 1. The first-order chi connectivity index (χ1) is 19.3. The Bertz CT molecular complexity index is 1600. The van der Waals surface area contributed by atoms with Gasteiger partial charge in [0.2, 0.25) is 5.91 Å². The molecule has 2 aliphatic heterocycles. The number of thiophene rings is 1. The molecule has 9 nitrogen and oxygen atoms in total. The number of anilines is 2. The second-order valence-electron chi connectivity index (χ2n) is 12.3. The summed E-state index contributed by atoms with van der Waals surface area (Å²) in [7, 11) is 2.12. The molecule has 210 valence electrons. The van der Waals surface area contributed by atoms with Gasteiger partial charge in [0.15, 0.2) is 5.78 Å². The normalized spacial score (nSPS) is 24.1. The van der Waals surface area contributed by atoms with Crippen molar-refractivity contribution >= 4 is 44.7 Å². The van der Waals surface area contributed by atoms with Crippen LogP contribution in [0.1, 0.15) is 71.9 Å². The van der Waals surface area contributed by atoms with E-state index in [0.29, 0.717) is 29.7 Å². The SMILES string of the molecule is Cc1cc(Nc2ncnc3sc4c(c23)CC[C@H](C(=O)N2CCN(C)[C@H](C)C2)C4)c(=O)n2c1C(=O)CC21CCCC1. The van der Waals surface area contributed by atoms with Crippen molar-refractivity contribution in [3.05, 3.63) is 44.4 Å². The zero-order valence-corrected chi connectivity index (χ0v) is 24.3. The topological polar surface area (TPSA) is 100 Å². The summed E-state index contributed by atoms with van der Waals surface area (Å²) in [5, 5.41) is 4.32. The summed E-state index contributed by atoms with van der Waals surface area (Å²) in [6.07, 6.45) is 8.11. The number of hydrogen-bond donors (Lipinski definition) is 1. The Balaban J connectivity index is 1.20. The fourth-order valence-electron chi connectivity index (χ4n) is 7.58. The first kappa shape index (κ1) is 25.8. The third-order valence-electron chi connectivity index (χ3n) is 9.87. The molecular formula is C30H36N6O3S. The number of nitrogens with zero attached hydrogens (tertiary/aromatic N) is 5. The van der Waals surface area contributed by atoms with Crippen LogP contribution in [-0.2, 0) is 23.2 Å². The predicted molar refractivity (Wildman–Crippen MR) is 156 cm³/mol. The van der Waals surface area contributed by atoms with Crippen LogP contribution in [0.15, 0.2) is 17.2 Å². The number of aromatic nitrogens is 3. The van der Waals surface area contributed by atoms with E-state index in [2.05, 4.69) is 34.2 Å². The number of likely N-dealkylation sites (N-methyl/N-ethyl adjacent to an activating group) is 1. The van der Waals surface area contributed by atoms with Gasteiger partial charge in [-0.05, 0) is 70.2 Å². The molecule has 0 unspecified atom stereocenters. The van der Waals surface area contributed by atoms with Crippen LogP contribution in [0.2, 0.25) is 0 Å². The number of rotatable bonds is 3. The highest BCUT2D eigenvalue weighted by atomic mass is 32.1. The summed E-state index contributed by atoms with van der Waals surface area (Å²) in [5.41, 5.74) is 2.53. The lowest BCUT2D eigenvalue weighted by Gasteiger charge is -2.39. The molecule has 5 heterocycles. The average Bonchev–Trinajstić information content (AvgIpc) is 3.63. The van der Waals surface area contributed by atoms with Crippen LogP contribution in [0, 0.1) is 12.8 Å². The summed E-state index contributed by atoms with van der Waals surface area (Å²) in [6, 6.07) is 2.18. The molecule has 2 atom stereocenters. The van der Waals surface area contributed by atoms with E-state index in [1.807, 2.05) is 11.8 Å². The van der Waals surface area contributed by atoms with E-state index >= 15 is 0 Å². The summed E-state index contributed by atoms with van der Waals surface area (Å²) in [4.78, 5) is 55.8. The third kappa shape index (κ3) is 3.94. The lowest BCUT2D eigenvalue weighted by molar-refractivity contribution is -0.138. The summed E-state index contributed by atoms with van der Waals surface area (Å²) in [5.74, 6) is 0.964. The molecule has 1 spiro atoms. The smallest absolute Gasteiger partial charge is 0.275 e. The lowest BCUT2D eigenvalue weighted by atomic mass is 9.86. The third-order valence-corrected chi connectivity index (χ3v) is 11.0. The molecule has 1 amide bonds. The first-order valence-electron chi connectivity index (χ1n) is 14.6. The number of amides is 1. The number of pyridine rings is 1. The Hall–Kier alpha value is -3.11. The Kier molecular flexibility index (Phi) is 6.12. The molecule has 0 radical (unpaired) electrons. The molecule has 7 rings (SSSR count). The Labute approximate surface area is 237 Å². The molecule has 10 heteroatoms. The van der Waals surface area contributed by atoms with Crippen molar-refractivity contribution < 1.29 is 9.59 Å². The number of fused-ring (bicyclic) bond motifs is 5. The molecule has 0 aromatic carbocycles. The van der Waals surface area contributed by atoms with Crippen molar-refractivity contribution in [1.29, 1.82) is 0 Å². The van der Waals surface area contributed by atoms with Crippen molar-refractivity contribution in [2.24, 2.45) is 5.92 Å². The number of carbonyl (C=O) groups is 2. The predicted octanol–water partition coefficient (Wildman–Crippen LogP) is 4.03. The van der Waals surface area contributed by atoms with E-state index in [0.717, 1.165) is 80.4 Å². The fourth-order valence-corrected chi connectivity index (χ4v) is 8.84. The maximum absolute atomic E-state index is 13.9. The van der Waals surface area contributed by atoms with Crippen molar-refractivity contribution in [3.63, 3.8) is 0 Å². The van der Waals surface area contributed by atoms with E-state index in [-0.39, 0.29) is 28.7 Å². The number of ketones is 1. The zero-order chi connectivity index (χ0) is 27.8. The molecule has 2 aliphatic carbocycles. The number of aryl methyl sites for hydroxylation is 2. The lowest BCUT2D eigenvalue weighted by Crippen LogP contribution is -2.53. The van der Waals surface area contributed by atoms with Gasteiger partial charge in [0.1, 0.15) is 22.7 Å². The number of hydrogen-bond acceptors (Lipinski definition) is 8. The number of nitrogens with one attached hydrogen (secondary N) is 1. The van der Waals surface area contributed by atoms with E-state index in [1.54, 1.807) is 28.3 Å². The van der Waals surface area contributed by atoms with E-state index in [1.165, 1.54) is 10.4 Å². The van der Waals surface area contributed by atoms with Gasteiger partial charge in [-0.15, -0.1) is 11.3 Å². The van der Waals surface area contributed by atoms with Crippen LogP contribution in [0.5, 0.6) is 0 Å². The molecule has 1 saturated carbocycles. The van der Waals surface area contributed by atoms with Crippen molar-refractivity contribution in [1.82, 2.24) is 24.3 Å². The monoisotopic (exact) mass is 560 g/mol. The largest absolute Gasteiger partial charge is 0.340 e. The van der Waals surface area contributed by atoms with E-state index in [9.17, 15) is 14.4 Å². The molecule has 3 aromatic rings. The van der Waals surface area contributed by atoms with Gasteiger partial charge in [-0.2, -0.15) is 0 Å². The molecule has 4 aliphatic rings. The zero-order valence-electron chi connectivity index (χ0n) is 23.5. The quantitative estimate of drug-likeness (QED) is 0.516. The van der Waals surface area contributed by atoms with Crippen LogP contribution < -0.4 is 10.9 Å². The maximum Gasteiger partial charge on any atom is 0.275 e. The van der Waals surface area contributed by atoms with Crippen LogP contribution in [0.25, 0.3) is 10.2 Å². The molecule has 2 fully saturated rings. The number of carbonyl (C=O) groups excluding carboxylic acids is 2. The van der Waals surface area contributed by atoms with E-state index in [4.69, 9.17) is 0 Å². The Morgan fingerprint density at radius 3 is 2.75 bits per heavy atom. The number of Topliss-reactive ketones (excluding diaryl/α,β-unsaturated/α-hetero) is 1. The second-order valence-corrected chi connectivity index (χ2v) is 13.4. The van der Waals surface area contributed by atoms with Gasteiger partial charge in [-0.25, -0.2) is 9.97 Å². The highest BCUT2D eigenvalue weighted by molar-refractivity contribution is 7.19. The van der Waals surface area contributed by atoms with Gasteiger partial charge in [-0.1, -0.05) is 12.8 Å². The molecule has 0 bridgehead atoms. The molecular weight excluding hydrogens is 524 g/mol. The van der Waals surface area contributed by atoms with Crippen molar-refractivity contribution in [3.8, 4) is 0 Å². The maximum atomic E-state index is 13.9. The van der Waals surface area contributed by atoms with Gasteiger partial charge < -0.3 is 15.1 Å². The van der Waals surface area contributed by atoms with Crippen LogP contribution in [-0.4, -0.2) is 68.7 Å². The fraction of sp³-hybridized carbons (Fsp3) is 0.567. The molecule has 1 N–H and O–H groups in total. The summed E-state index contributed by atoms with van der Waals surface area (Å²) in [6.45, 7) is 6.58. The minimum Gasteiger partial charge on any atom is -0.340 e. The average molecular weight is 561 g/mol. The molecule has 40 heavy (non-hydrogen) atoms. The first-order valence-corrected chi connectivity index (χ1v) is 15.4. The summed E-state index contributed by atoms with van der Waals surface area (Å²) >= 11 is 1.64. The highest BCUT2D eigenvalue weighted by Crippen LogP contribution is 2.45. The Morgan fingerprint density at radius 2 is 1.98 bits per heavy atom. The summed E-state index contributed by atoms with van der Waals surface area (Å²) < 4.78 is 1.80. The molecule has 1 saturated heterocycles. The van der Waals surface area contributed by atoms with Gasteiger partial charge in [-0.3, -0.25) is 19.0 Å². The van der Waals surface area contributed by atoms with Crippen molar-refractivity contribution in [2.45, 2.75) is 76.8 Å². The highest BCUT2D eigenvalue weighted by Gasteiger charge is 2.46. The standard InChI is InChI=1S/C30H36N6O3S/c1-17-12-21(29(39)36-25(17)22(37)14-30(36)8-4-5-9-30)33-26-24-20-7-6-19(13-23(20)40-27(24)32-16-31-26)28(38)35-11-10-34(3)18(2)15-35/h12,16,18-19H,4-11,13-15H2,1-3H3,(H,31,32,33)/t18-,19+/m1/s1. The van der Waals surface area contributed by atoms with Gasteiger partial charge in [0.05, 0.1) is 16.6 Å². The second kappa shape index (κ2) is 9.48. The van der Waals surface area contributed by atoms with Crippen molar-refractivity contribution in [2.75, 3.05) is 32.0 Å². The van der Waals surface area contributed by atoms with Gasteiger partial charge >= 0.3 is 0 Å². The Morgan fingerprint density at radius 1 is 1.18 bits per heavy atom. The van der Waals surface area contributed by atoms with Gasteiger partial charge in [0, 0.05) is 42.9 Å². The molecule has 3 aromatic heterocycles. The van der Waals surface area contributed by atoms with Crippen LogP contribution in [0.4, 0.5) is 11.5 Å². The van der Waals surface area contributed by atoms with Gasteiger partial charge in [0.25, 0.3) is 5.56 Å². The van der Waals surface area contributed by atoms with Crippen LogP contribution >= 0.6 is 11.3 Å². The van der Waals surface area contributed by atoms with Crippen LogP contribution in [0.3, 0.4) is 0 Å². The minimum absolute atomic E-state index is 0.00956. The minimum atomic E-state index is -0.377. The van der Waals surface area contributed by atoms with E-state index < -0.39 is 0 Å².